The van der Waals surface area contributed by atoms with E-state index in [-0.39, 0.29) is 11.3 Å². The van der Waals surface area contributed by atoms with Gasteiger partial charge in [-0.2, -0.15) is 0 Å². The van der Waals surface area contributed by atoms with Crippen molar-refractivity contribution in [1.29, 1.82) is 0 Å². The Balaban J connectivity index is 2.09. The van der Waals surface area contributed by atoms with Crippen molar-refractivity contribution in [2.24, 2.45) is 0 Å². The Hall–Kier alpha value is -0.540. The van der Waals surface area contributed by atoms with Crippen LogP contribution in [0.25, 0.3) is 0 Å². The predicted octanol–water partition coefficient (Wildman–Crippen LogP) is 2.81. The Labute approximate surface area is 99.6 Å². The molecule has 0 aliphatic carbocycles. The van der Waals surface area contributed by atoms with Crippen molar-refractivity contribution in [3.05, 3.63) is 22.4 Å². The average molecular weight is 246 g/mol. The molecule has 0 spiro atoms. The fourth-order valence-electron chi connectivity index (χ4n) is 1.25. The molecule has 0 bridgehead atoms. The van der Waals surface area contributed by atoms with E-state index >= 15 is 0 Å². The zero-order valence-corrected chi connectivity index (χ0v) is 10.4. The minimum atomic E-state index is 0.0969. The Kier molecular flexibility index (Phi) is 5.73. The van der Waals surface area contributed by atoms with Crippen molar-refractivity contribution < 1.29 is 4.79 Å². The molecule has 1 rings (SSSR count). The summed E-state index contributed by atoms with van der Waals surface area (Å²) in [4.78, 5) is 12.5. The smallest absolute Gasteiger partial charge is 0.225 e. The van der Waals surface area contributed by atoms with Crippen LogP contribution in [0.2, 0.25) is 0 Å². The van der Waals surface area contributed by atoms with Gasteiger partial charge in [-0.1, -0.05) is 6.07 Å². The molecular weight excluding hydrogens is 230 g/mol. The molecule has 0 saturated carbocycles. The molecule has 0 aliphatic heterocycles. The van der Waals surface area contributed by atoms with Crippen molar-refractivity contribution in [3.8, 4) is 0 Å². The number of carbonyl (C=O) groups excluding carboxylic acids is 1. The molecule has 4 heteroatoms. The molecule has 2 nitrogen and oxygen atoms in total. The van der Waals surface area contributed by atoms with Crippen LogP contribution >= 0.6 is 22.9 Å². The normalized spacial score (nSPS) is 12.4. The number of thiophene rings is 1. The van der Waals surface area contributed by atoms with Gasteiger partial charge in [0.25, 0.3) is 0 Å². The van der Waals surface area contributed by atoms with Crippen LogP contribution in [0.3, 0.4) is 0 Å². The zero-order chi connectivity index (χ0) is 11.1. The van der Waals surface area contributed by atoms with Crippen LogP contribution < -0.4 is 5.32 Å². The van der Waals surface area contributed by atoms with Gasteiger partial charge < -0.3 is 5.32 Å². The number of halogens is 1. The number of amides is 1. The standard InChI is InChI=1S/C11H16ClNOS/c1-9(12)4-2-6-13-11(14)8-10-5-3-7-15-10/h3,5,7,9H,2,4,6,8H2,1H3,(H,13,14). The number of carbonyl (C=O) groups is 1. The van der Waals surface area contributed by atoms with Crippen LogP contribution in [0.15, 0.2) is 17.5 Å². The molecule has 1 aromatic rings. The van der Waals surface area contributed by atoms with E-state index in [2.05, 4.69) is 5.32 Å². The van der Waals surface area contributed by atoms with Gasteiger partial charge in [-0.05, 0) is 31.2 Å². The van der Waals surface area contributed by atoms with Gasteiger partial charge in [-0.3, -0.25) is 4.79 Å². The number of nitrogens with one attached hydrogen (secondary N) is 1. The van der Waals surface area contributed by atoms with E-state index in [1.807, 2.05) is 24.4 Å². The van der Waals surface area contributed by atoms with E-state index in [4.69, 9.17) is 11.6 Å². The summed E-state index contributed by atoms with van der Waals surface area (Å²) in [6, 6.07) is 3.94. The highest BCUT2D eigenvalue weighted by atomic mass is 35.5. The molecule has 0 aromatic carbocycles. The fourth-order valence-corrected chi connectivity index (χ4v) is 2.10. The number of alkyl halides is 1. The topological polar surface area (TPSA) is 29.1 Å². The maximum Gasteiger partial charge on any atom is 0.225 e. The second-order valence-electron chi connectivity index (χ2n) is 3.53. The van der Waals surface area contributed by atoms with E-state index in [1.165, 1.54) is 0 Å². The molecule has 1 aromatic heterocycles. The van der Waals surface area contributed by atoms with Crippen LogP contribution in [-0.2, 0) is 11.2 Å². The first kappa shape index (κ1) is 12.5. The summed E-state index contributed by atoms with van der Waals surface area (Å²) < 4.78 is 0. The highest BCUT2D eigenvalue weighted by molar-refractivity contribution is 7.10. The lowest BCUT2D eigenvalue weighted by Crippen LogP contribution is -2.26. The minimum Gasteiger partial charge on any atom is -0.356 e. The molecule has 84 valence electrons. The van der Waals surface area contributed by atoms with Crippen LogP contribution in [0.5, 0.6) is 0 Å². The third-order valence-electron chi connectivity index (χ3n) is 2.02. The highest BCUT2D eigenvalue weighted by Crippen LogP contribution is 2.08. The van der Waals surface area contributed by atoms with E-state index in [0.717, 1.165) is 24.3 Å². The van der Waals surface area contributed by atoms with Gasteiger partial charge in [0.05, 0.1) is 6.42 Å². The van der Waals surface area contributed by atoms with E-state index in [9.17, 15) is 4.79 Å². The molecule has 1 atom stereocenters. The fraction of sp³-hybridized carbons (Fsp3) is 0.545. The summed E-state index contributed by atoms with van der Waals surface area (Å²) in [7, 11) is 0. The first-order valence-corrected chi connectivity index (χ1v) is 6.43. The predicted molar refractivity (Wildman–Crippen MR) is 65.6 cm³/mol. The van der Waals surface area contributed by atoms with E-state index in [0.29, 0.717) is 6.42 Å². The van der Waals surface area contributed by atoms with Gasteiger partial charge in [0.15, 0.2) is 0 Å². The first-order chi connectivity index (χ1) is 7.18. The summed E-state index contributed by atoms with van der Waals surface area (Å²) in [5.41, 5.74) is 0. The summed E-state index contributed by atoms with van der Waals surface area (Å²) in [6.45, 7) is 2.69. The number of hydrogen-bond donors (Lipinski definition) is 1. The molecule has 15 heavy (non-hydrogen) atoms. The SMILES string of the molecule is CC(Cl)CCCNC(=O)Cc1cccs1. The lowest BCUT2D eigenvalue weighted by molar-refractivity contribution is -0.120. The Morgan fingerprint density at radius 1 is 1.67 bits per heavy atom. The second-order valence-corrected chi connectivity index (χ2v) is 5.31. The average Bonchev–Trinajstić information content (AvgIpc) is 2.64. The summed E-state index contributed by atoms with van der Waals surface area (Å²) >= 11 is 7.41. The van der Waals surface area contributed by atoms with Crippen molar-refractivity contribution in [1.82, 2.24) is 5.32 Å². The lowest BCUT2D eigenvalue weighted by atomic mass is 10.2. The molecule has 1 heterocycles. The largest absolute Gasteiger partial charge is 0.356 e. The summed E-state index contributed by atoms with van der Waals surface area (Å²) in [5.74, 6) is 0.0969. The third kappa shape index (κ3) is 5.80. The van der Waals surface area contributed by atoms with Crippen molar-refractivity contribution in [2.75, 3.05) is 6.54 Å². The number of hydrogen-bond acceptors (Lipinski definition) is 2. The van der Waals surface area contributed by atoms with Gasteiger partial charge in [0.2, 0.25) is 5.91 Å². The third-order valence-corrected chi connectivity index (χ3v) is 3.11. The maximum atomic E-state index is 11.4. The van der Waals surface area contributed by atoms with Crippen molar-refractivity contribution in [3.63, 3.8) is 0 Å². The van der Waals surface area contributed by atoms with Gasteiger partial charge in [0.1, 0.15) is 0 Å². The zero-order valence-electron chi connectivity index (χ0n) is 8.83. The van der Waals surface area contributed by atoms with Crippen LogP contribution in [0.1, 0.15) is 24.6 Å². The van der Waals surface area contributed by atoms with Crippen LogP contribution in [0.4, 0.5) is 0 Å². The Morgan fingerprint density at radius 2 is 2.47 bits per heavy atom. The summed E-state index contributed by atoms with van der Waals surface area (Å²) in [6.07, 6.45) is 2.38. The lowest BCUT2D eigenvalue weighted by Gasteiger charge is -2.05. The minimum absolute atomic E-state index is 0.0969. The van der Waals surface area contributed by atoms with Gasteiger partial charge in [0, 0.05) is 16.8 Å². The van der Waals surface area contributed by atoms with Crippen LogP contribution in [0, 0.1) is 0 Å². The van der Waals surface area contributed by atoms with Crippen molar-refractivity contribution >= 4 is 28.8 Å². The quantitative estimate of drug-likeness (QED) is 0.606. The molecule has 1 amide bonds. The van der Waals surface area contributed by atoms with E-state index < -0.39 is 0 Å². The van der Waals surface area contributed by atoms with Gasteiger partial charge in [-0.25, -0.2) is 0 Å². The Bertz CT molecular complexity index is 285. The number of rotatable bonds is 6. The van der Waals surface area contributed by atoms with Gasteiger partial charge >= 0.3 is 0 Å². The van der Waals surface area contributed by atoms with Crippen LogP contribution in [-0.4, -0.2) is 17.8 Å². The highest BCUT2D eigenvalue weighted by Gasteiger charge is 2.03. The molecule has 1 unspecified atom stereocenters. The molecule has 0 aliphatic rings. The second kappa shape index (κ2) is 6.85. The van der Waals surface area contributed by atoms with Gasteiger partial charge in [-0.15, -0.1) is 22.9 Å². The maximum absolute atomic E-state index is 11.4. The first-order valence-electron chi connectivity index (χ1n) is 5.11. The van der Waals surface area contributed by atoms with E-state index in [1.54, 1.807) is 11.3 Å². The monoisotopic (exact) mass is 245 g/mol. The molecule has 0 saturated heterocycles. The molecule has 1 N–H and O–H groups in total. The molecule has 0 fully saturated rings. The van der Waals surface area contributed by atoms with Crippen molar-refractivity contribution in [2.45, 2.75) is 31.6 Å². The summed E-state index contributed by atoms with van der Waals surface area (Å²) in [5, 5.41) is 5.06. The Morgan fingerprint density at radius 3 is 3.07 bits per heavy atom. The molecular formula is C11H16ClNOS. The molecule has 0 radical (unpaired) electrons.